The lowest BCUT2D eigenvalue weighted by molar-refractivity contribution is 0.212. The van der Waals surface area contributed by atoms with E-state index in [1.165, 1.54) is 21.0 Å². The van der Waals surface area contributed by atoms with Crippen LogP contribution in [-0.4, -0.2) is 14.2 Å². The van der Waals surface area contributed by atoms with E-state index in [4.69, 9.17) is 15.2 Å². The SMILES string of the molecule is COc1cc(C(C)(C)F)c(OC)cc1C(C)N. The van der Waals surface area contributed by atoms with Crippen LogP contribution in [0.25, 0.3) is 0 Å². The van der Waals surface area contributed by atoms with E-state index in [2.05, 4.69) is 0 Å². The Labute approximate surface area is 102 Å². The second kappa shape index (κ2) is 4.92. The van der Waals surface area contributed by atoms with Gasteiger partial charge in [0.2, 0.25) is 0 Å². The number of rotatable bonds is 4. The molecule has 1 aromatic carbocycles. The fourth-order valence-electron chi connectivity index (χ4n) is 1.74. The predicted octanol–water partition coefficient (Wildman–Crippen LogP) is 2.93. The molecule has 0 spiro atoms. The second-order valence-corrected chi connectivity index (χ2v) is 4.56. The molecule has 0 bridgehead atoms. The smallest absolute Gasteiger partial charge is 0.134 e. The lowest BCUT2D eigenvalue weighted by atomic mass is 9.95. The second-order valence-electron chi connectivity index (χ2n) is 4.56. The number of ether oxygens (including phenoxy) is 2. The molecule has 0 saturated carbocycles. The van der Waals surface area contributed by atoms with Crippen LogP contribution in [0.4, 0.5) is 4.39 Å². The quantitative estimate of drug-likeness (QED) is 0.881. The molecule has 1 rings (SSSR count). The van der Waals surface area contributed by atoms with Crippen LogP contribution in [0.3, 0.4) is 0 Å². The Morgan fingerprint density at radius 3 is 2.06 bits per heavy atom. The number of nitrogens with two attached hydrogens (primary N) is 1. The van der Waals surface area contributed by atoms with Gasteiger partial charge in [-0.15, -0.1) is 0 Å². The van der Waals surface area contributed by atoms with Gasteiger partial charge in [-0.25, -0.2) is 4.39 Å². The van der Waals surface area contributed by atoms with Crippen molar-refractivity contribution >= 4 is 0 Å². The maximum absolute atomic E-state index is 14.1. The first-order chi connectivity index (χ1) is 7.81. The zero-order valence-corrected chi connectivity index (χ0v) is 11.0. The summed E-state index contributed by atoms with van der Waals surface area (Å²) in [6.07, 6.45) is 0. The fourth-order valence-corrected chi connectivity index (χ4v) is 1.74. The number of halogens is 1. The molecular formula is C13H20FNO2. The molecule has 0 fully saturated rings. The number of benzene rings is 1. The highest BCUT2D eigenvalue weighted by atomic mass is 19.1. The zero-order valence-electron chi connectivity index (χ0n) is 11.0. The Bertz CT molecular complexity index is 397. The Morgan fingerprint density at radius 2 is 1.71 bits per heavy atom. The van der Waals surface area contributed by atoms with Gasteiger partial charge < -0.3 is 15.2 Å². The zero-order chi connectivity index (χ0) is 13.2. The molecule has 1 atom stereocenters. The summed E-state index contributed by atoms with van der Waals surface area (Å²) < 4.78 is 24.5. The highest BCUT2D eigenvalue weighted by Gasteiger charge is 2.26. The molecule has 17 heavy (non-hydrogen) atoms. The van der Waals surface area contributed by atoms with Gasteiger partial charge in [0.15, 0.2) is 0 Å². The summed E-state index contributed by atoms with van der Waals surface area (Å²) in [5.41, 5.74) is 5.62. The van der Waals surface area contributed by atoms with E-state index in [9.17, 15) is 4.39 Å². The first-order valence-corrected chi connectivity index (χ1v) is 5.52. The van der Waals surface area contributed by atoms with Crippen molar-refractivity contribution in [3.63, 3.8) is 0 Å². The number of hydrogen-bond acceptors (Lipinski definition) is 3. The molecule has 0 heterocycles. The van der Waals surface area contributed by atoms with Crippen molar-refractivity contribution < 1.29 is 13.9 Å². The van der Waals surface area contributed by atoms with Gasteiger partial charge >= 0.3 is 0 Å². The van der Waals surface area contributed by atoms with Crippen LogP contribution in [0.5, 0.6) is 11.5 Å². The van der Waals surface area contributed by atoms with E-state index in [0.29, 0.717) is 17.1 Å². The molecule has 0 aliphatic rings. The highest BCUT2D eigenvalue weighted by molar-refractivity contribution is 5.49. The average molecular weight is 241 g/mol. The van der Waals surface area contributed by atoms with Crippen LogP contribution in [0.15, 0.2) is 12.1 Å². The van der Waals surface area contributed by atoms with Gasteiger partial charge in [-0.05, 0) is 32.9 Å². The standard InChI is InChI=1S/C13H20FNO2/c1-8(15)9-6-12(17-5)10(13(2,3)14)7-11(9)16-4/h6-8H,15H2,1-5H3. The lowest BCUT2D eigenvalue weighted by Crippen LogP contribution is -2.14. The Morgan fingerprint density at radius 1 is 1.18 bits per heavy atom. The molecule has 1 aromatic rings. The summed E-state index contributed by atoms with van der Waals surface area (Å²) in [5, 5.41) is 0. The van der Waals surface area contributed by atoms with Gasteiger partial charge in [0.05, 0.1) is 14.2 Å². The minimum Gasteiger partial charge on any atom is -0.496 e. The molecule has 0 radical (unpaired) electrons. The van der Waals surface area contributed by atoms with Crippen molar-refractivity contribution in [1.29, 1.82) is 0 Å². The fraction of sp³-hybridized carbons (Fsp3) is 0.538. The molecule has 0 aromatic heterocycles. The van der Waals surface area contributed by atoms with Gasteiger partial charge in [-0.2, -0.15) is 0 Å². The van der Waals surface area contributed by atoms with Gasteiger partial charge in [-0.3, -0.25) is 0 Å². The van der Waals surface area contributed by atoms with Crippen LogP contribution in [-0.2, 0) is 5.67 Å². The minimum atomic E-state index is -1.49. The van der Waals surface area contributed by atoms with Gasteiger partial charge in [0, 0.05) is 17.2 Å². The summed E-state index contributed by atoms with van der Waals surface area (Å²) in [5.74, 6) is 1.08. The molecule has 96 valence electrons. The summed E-state index contributed by atoms with van der Waals surface area (Å²) >= 11 is 0. The third-order valence-corrected chi connectivity index (χ3v) is 2.68. The molecular weight excluding hydrogens is 221 g/mol. The Kier molecular flexibility index (Phi) is 3.98. The third-order valence-electron chi connectivity index (χ3n) is 2.68. The van der Waals surface area contributed by atoms with Crippen LogP contribution in [0.2, 0.25) is 0 Å². The predicted molar refractivity (Wildman–Crippen MR) is 66.3 cm³/mol. The largest absolute Gasteiger partial charge is 0.496 e. The average Bonchev–Trinajstić information content (AvgIpc) is 2.25. The summed E-state index contributed by atoms with van der Waals surface area (Å²) in [4.78, 5) is 0. The number of methoxy groups -OCH3 is 2. The van der Waals surface area contributed by atoms with E-state index in [0.717, 1.165) is 5.56 Å². The molecule has 3 nitrogen and oxygen atoms in total. The summed E-state index contributed by atoms with van der Waals surface area (Å²) in [6, 6.07) is 3.19. The van der Waals surface area contributed by atoms with Crippen molar-refractivity contribution in [1.82, 2.24) is 0 Å². The van der Waals surface area contributed by atoms with Crippen LogP contribution in [0, 0.1) is 0 Å². The Hall–Kier alpha value is -1.29. The van der Waals surface area contributed by atoms with E-state index in [1.54, 1.807) is 19.2 Å². The first-order valence-electron chi connectivity index (χ1n) is 5.52. The van der Waals surface area contributed by atoms with E-state index in [1.807, 2.05) is 6.92 Å². The van der Waals surface area contributed by atoms with Crippen molar-refractivity contribution in [3.8, 4) is 11.5 Å². The van der Waals surface area contributed by atoms with Crippen LogP contribution < -0.4 is 15.2 Å². The molecule has 0 saturated heterocycles. The highest BCUT2D eigenvalue weighted by Crippen LogP contribution is 2.39. The molecule has 4 heteroatoms. The lowest BCUT2D eigenvalue weighted by Gasteiger charge is -2.22. The van der Waals surface area contributed by atoms with Gasteiger partial charge in [0.1, 0.15) is 17.2 Å². The normalized spacial score (nSPS) is 13.4. The maximum Gasteiger partial charge on any atom is 0.134 e. The van der Waals surface area contributed by atoms with E-state index >= 15 is 0 Å². The summed E-state index contributed by atoms with van der Waals surface area (Å²) in [7, 11) is 3.06. The van der Waals surface area contributed by atoms with Crippen molar-refractivity contribution in [3.05, 3.63) is 23.3 Å². The number of hydrogen-bond donors (Lipinski definition) is 1. The Balaban J connectivity index is 3.44. The summed E-state index contributed by atoms with van der Waals surface area (Å²) in [6.45, 7) is 4.81. The minimum absolute atomic E-state index is 0.198. The maximum atomic E-state index is 14.1. The van der Waals surface area contributed by atoms with Crippen molar-refractivity contribution in [2.45, 2.75) is 32.5 Å². The molecule has 1 unspecified atom stereocenters. The van der Waals surface area contributed by atoms with Gasteiger partial charge in [-0.1, -0.05) is 0 Å². The van der Waals surface area contributed by atoms with Crippen molar-refractivity contribution in [2.75, 3.05) is 14.2 Å². The van der Waals surface area contributed by atoms with E-state index in [-0.39, 0.29) is 6.04 Å². The van der Waals surface area contributed by atoms with Gasteiger partial charge in [0.25, 0.3) is 0 Å². The number of alkyl halides is 1. The molecule has 0 aliphatic carbocycles. The van der Waals surface area contributed by atoms with E-state index < -0.39 is 5.67 Å². The first kappa shape index (κ1) is 13.8. The van der Waals surface area contributed by atoms with Crippen LogP contribution >= 0.6 is 0 Å². The molecule has 0 aliphatic heterocycles. The topological polar surface area (TPSA) is 44.5 Å². The third kappa shape index (κ3) is 2.88. The van der Waals surface area contributed by atoms with Crippen LogP contribution in [0.1, 0.15) is 37.9 Å². The monoisotopic (exact) mass is 241 g/mol. The van der Waals surface area contributed by atoms with Crippen molar-refractivity contribution in [2.24, 2.45) is 5.73 Å². The molecule has 2 N–H and O–H groups in total. The molecule has 0 amide bonds.